The van der Waals surface area contributed by atoms with Crippen molar-refractivity contribution in [3.8, 4) is 62.7 Å². The second-order valence-corrected chi connectivity index (χ2v) is 23.8. The fourth-order valence-electron chi connectivity index (χ4n) is 12.4. The number of nitrogens with zero attached hydrogens (tertiary/aromatic N) is 7. The van der Waals surface area contributed by atoms with Gasteiger partial charge in [-0.25, -0.2) is 39.0 Å². The first-order chi connectivity index (χ1) is 49.1. The predicted octanol–water partition coefficient (Wildman–Crippen LogP) is 18.6. The Kier molecular flexibility index (Phi) is 17.1. The van der Waals surface area contributed by atoms with Crippen LogP contribution < -0.4 is 0 Å². The summed E-state index contributed by atoms with van der Waals surface area (Å²) in [5, 5.41) is 13.2. The van der Waals surface area contributed by atoms with E-state index in [1.165, 1.54) is 0 Å². The van der Waals surface area contributed by atoms with E-state index >= 15 is 0 Å². The molecule has 0 amide bonds. The molecule has 0 saturated heterocycles. The van der Waals surface area contributed by atoms with Crippen molar-refractivity contribution in [1.29, 1.82) is 5.26 Å². The lowest BCUT2D eigenvalue weighted by Crippen LogP contribution is -2.07. The van der Waals surface area contributed by atoms with Crippen LogP contribution in [-0.2, 0) is 45.4 Å². The number of fused-ring (bicyclic) bond motifs is 6. The minimum absolute atomic E-state index is 0.0466. The van der Waals surface area contributed by atoms with Gasteiger partial charge in [0.05, 0.1) is 73.9 Å². The van der Waals surface area contributed by atoms with E-state index in [-0.39, 0.29) is 60.3 Å². The zero-order chi connectivity index (χ0) is 68.1. The van der Waals surface area contributed by atoms with Gasteiger partial charge in [0, 0.05) is 38.2 Å². The van der Waals surface area contributed by atoms with Gasteiger partial charge in [-0.15, -0.1) is 0 Å². The van der Waals surface area contributed by atoms with E-state index in [2.05, 4.69) is 15.5 Å². The lowest BCUT2D eigenvalue weighted by molar-refractivity contribution is 0.0464. The molecule has 0 aliphatic carbocycles. The number of benzene rings is 12. The number of carbonyl (C=O) groups is 4. The number of aromatic nitrogens is 5. The number of nitriles is 1. The number of hydrogen-bond acceptors (Lipinski definition) is 12. The van der Waals surface area contributed by atoms with Gasteiger partial charge in [-0.1, -0.05) is 176 Å². The van der Waals surface area contributed by atoms with Crippen molar-refractivity contribution in [3.05, 3.63) is 347 Å². The molecule has 0 N–H and O–H groups in total. The van der Waals surface area contributed by atoms with E-state index in [0.29, 0.717) is 88.8 Å². The molecule has 478 valence electrons. The van der Waals surface area contributed by atoms with Crippen molar-refractivity contribution in [3.63, 3.8) is 0 Å². The summed E-state index contributed by atoms with van der Waals surface area (Å²) in [7, 11) is 0. The minimum atomic E-state index is -0.554. The second-order valence-electron chi connectivity index (χ2n) is 23.8. The van der Waals surface area contributed by atoms with Crippen LogP contribution in [0.25, 0.3) is 105 Å². The molecule has 0 fully saturated rings. The third-order valence-corrected chi connectivity index (χ3v) is 17.4. The van der Waals surface area contributed by atoms with Crippen LogP contribution in [0.15, 0.2) is 285 Å². The highest BCUT2D eigenvalue weighted by atomic mass is 16.5. The second kappa shape index (κ2) is 27.4. The summed E-state index contributed by atoms with van der Waals surface area (Å²) in [5.74, 6) is -1.42. The highest BCUT2D eigenvalue weighted by Gasteiger charge is 2.26. The van der Waals surface area contributed by atoms with Gasteiger partial charge in [-0.2, -0.15) is 5.26 Å². The Hall–Kier alpha value is -13.9. The van der Waals surface area contributed by atoms with Gasteiger partial charge >= 0.3 is 23.9 Å². The van der Waals surface area contributed by atoms with Gasteiger partial charge in [-0.3, -0.25) is 0 Å². The van der Waals surface area contributed by atoms with E-state index in [1.807, 2.05) is 217 Å². The lowest BCUT2D eigenvalue weighted by atomic mass is 10.0. The van der Waals surface area contributed by atoms with Crippen LogP contribution in [0, 0.1) is 17.9 Å². The molecule has 0 unspecified atom stereocenters. The third kappa shape index (κ3) is 12.7. The topological polar surface area (TPSA) is 182 Å². The summed E-state index contributed by atoms with van der Waals surface area (Å²) in [6.45, 7) is 8.16. The Morgan fingerprint density at radius 2 is 0.690 bits per heavy atom. The predicted molar refractivity (Wildman–Crippen MR) is 383 cm³/mol. The van der Waals surface area contributed by atoms with Crippen molar-refractivity contribution in [1.82, 2.24) is 24.1 Å². The number of esters is 4. The summed E-state index contributed by atoms with van der Waals surface area (Å²) in [4.78, 5) is 76.2. The molecule has 15 nitrogen and oxygen atoms in total. The van der Waals surface area contributed by atoms with E-state index in [4.69, 9.17) is 40.5 Å². The molecule has 15 heteroatoms. The van der Waals surface area contributed by atoms with Crippen molar-refractivity contribution in [2.24, 2.45) is 0 Å². The molecule has 100 heavy (non-hydrogen) atoms. The van der Waals surface area contributed by atoms with Crippen LogP contribution in [0.2, 0.25) is 0 Å². The number of ether oxygens (including phenoxy) is 4. The molecule has 15 rings (SSSR count). The molecule has 0 saturated carbocycles. The maximum Gasteiger partial charge on any atom is 0.338 e. The van der Waals surface area contributed by atoms with Crippen molar-refractivity contribution < 1.29 is 38.1 Å². The molecular weight excluding hydrogens is 1250 g/mol. The van der Waals surface area contributed by atoms with E-state index in [9.17, 15) is 24.4 Å². The number of rotatable bonds is 18. The Balaban J connectivity index is 0.926. The number of hydrogen-bond donors (Lipinski definition) is 0. The normalized spacial score (nSPS) is 11.1. The summed E-state index contributed by atoms with van der Waals surface area (Å²) in [6, 6.07) is 89.2. The lowest BCUT2D eigenvalue weighted by Gasteiger charge is -2.18. The van der Waals surface area contributed by atoms with Gasteiger partial charge in [-0.05, 0) is 143 Å². The van der Waals surface area contributed by atoms with E-state index in [1.54, 1.807) is 72.8 Å². The molecule has 12 aromatic carbocycles. The van der Waals surface area contributed by atoms with E-state index in [0.717, 1.165) is 33.4 Å². The Labute approximate surface area is 573 Å². The zero-order valence-electron chi connectivity index (χ0n) is 53.4. The van der Waals surface area contributed by atoms with Crippen LogP contribution in [0.4, 0.5) is 5.69 Å². The standard InChI is InChI=1S/C85H55N7O8/c1-87-66-29-17-28-60(43-66)61-31-37-68(78(48-61)92-75-40-34-64(84(95)99-52-56-22-11-4-12-23-56)46-71(75)72-47-65(35-41-76(72)92)85(96)100-53-57-24-13-5-14-25-57)81-89-79(59-26-15-6-16-27-59)88-80(90-81)67-36-30-58(49-86)42-77(67)91-73-38-32-62(82(93)97-50-54-18-7-2-8-19-54)44-69(73)70-45-63(33-39-74(70)91)83(94)98-51-55-20-9-3-10-21-55/h2-48H,50-53H2. The first-order valence-electron chi connectivity index (χ1n) is 32.1. The molecule has 0 spiro atoms. The first-order valence-corrected chi connectivity index (χ1v) is 32.1. The molecule has 0 bridgehead atoms. The maximum atomic E-state index is 14.1. The summed E-state index contributed by atoms with van der Waals surface area (Å²) >= 11 is 0. The average Bonchev–Trinajstić information content (AvgIpc) is 1.60. The van der Waals surface area contributed by atoms with Crippen LogP contribution in [0.5, 0.6) is 0 Å². The Bertz CT molecular complexity index is 5560. The molecule has 0 atom stereocenters. The quantitative estimate of drug-likeness (QED) is 0.0451. The molecule has 3 aromatic heterocycles. The highest BCUT2D eigenvalue weighted by Crippen LogP contribution is 2.42. The van der Waals surface area contributed by atoms with Crippen LogP contribution in [-0.4, -0.2) is 48.0 Å². The highest BCUT2D eigenvalue weighted by molar-refractivity contribution is 6.15. The van der Waals surface area contributed by atoms with Gasteiger partial charge in [0.15, 0.2) is 23.2 Å². The zero-order valence-corrected chi connectivity index (χ0v) is 53.4. The first kappa shape index (κ1) is 62.2. The maximum absolute atomic E-state index is 14.1. The summed E-state index contributed by atoms with van der Waals surface area (Å²) in [5.41, 5.74) is 12.0. The van der Waals surface area contributed by atoms with Crippen LogP contribution in [0.1, 0.15) is 69.2 Å². The molecule has 3 heterocycles. The molecule has 0 aliphatic rings. The smallest absolute Gasteiger partial charge is 0.338 e. The minimum Gasteiger partial charge on any atom is -0.457 e. The summed E-state index contributed by atoms with van der Waals surface area (Å²) < 4.78 is 27.5. The van der Waals surface area contributed by atoms with E-state index < -0.39 is 23.9 Å². The van der Waals surface area contributed by atoms with Crippen molar-refractivity contribution in [2.75, 3.05) is 0 Å². The third-order valence-electron chi connectivity index (χ3n) is 17.4. The fraction of sp³-hybridized carbons (Fsp3) is 0.0471. The SMILES string of the molecule is [C-]#[N+]c1cccc(-c2ccc(-c3nc(-c4ccccc4)nc(-c4ccc(C#N)cc4-n4c5ccc(C(=O)OCc6ccccc6)cc5c5cc(C(=O)OCc6ccccc6)ccc54)n3)c(-n3c4ccc(C(=O)OCc5ccccc5)cc4c4cc(C(=O)OCc5ccccc5)ccc43)c2)c1. The van der Waals surface area contributed by atoms with Gasteiger partial charge < -0.3 is 28.1 Å². The molecular formula is C85H55N7O8. The fourth-order valence-corrected chi connectivity index (χ4v) is 12.4. The molecule has 15 aromatic rings. The average molecular weight is 1300 g/mol. The van der Waals surface area contributed by atoms with Crippen molar-refractivity contribution >= 4 is 73.2 Å². The van der Waals surface area contributed by atoms with Gasteiger partial charge in [0.25, 0.3) is 0 Å². The van der Waals surface area contributed by atoms with Gasteiger partial charge in [0.1, 0.15) is 26.4 Å². The Morgan fingerprint density at radius 1 is 0.350 bits per heavy atom. The summed E-state index contributed by atoms with van der Waals surface area (Å²) in [6.07, 6.45) is 0. The monoisotopic (exact) mass is 1300 g/mol. The molecule has 0 aliphatic heterocycles. The van der Waals surface area contributed by atoms with Crippen LogP contribution in [0.3, 0.4) is 0 Å². The van der Waals surface area contributed by atoms with Gasteiger partial charge in [0.2, 0.25) is 0 Å². The number of carbonyl (C=O) groups excluding carboxylic acids is 4. The molecule has 0 radical (unpaired) electrons. The Morgan fingerprint density at radius 3 is 1.07 bits per heavy atom. The van der Waals surface area contributed by atoms with Crippen LogP contribution >= 0.6 is 0 Å². The largest absolute Gasteiger partial charge is 0.457 e. The van der Waals surface area contributed by atoms with Crippen molar-refractivity contribution in [2.45, 2.75) is 26.4 Å².